The molecule has 3 heterocycles. The number of fused-ring (bicyclic) bond motifs is 20. The molecule has 0 saturated carbocycles. The highest BCUT2D eigenvalue weighted by atomic mass is 16.3. The van der Waals surface area contributed by atoms with E-state index in [1.54, 1.807) is 0 Å². The number of benzene rings is 23. The molecule has 0 N–H and O–H groups in total. The first kappa shape index (κ1) is 73.4. The van der Waals surface area contributed by atoms with E-state index in [9.17, 15) is 0 Å². The molecule has 0 spiro atoms. The molecule has 26 rings (SSSR count). The Balaban J connectivity index is 0.497. The first-order valence-electron chi connectivity index (χ1n) is 44.3. The number of hydrogen-bond donors (Lipinski definition) is 0. The highest BCUT2D eigenvalue weighted by Crippen LogP contribution is 2.49. The molecule has 0 amide bonds. The highest BCUT2D eigenvalue weighted by Gasteiger charge is 2.25. The van der Waals surface area contributed by atoms with Crippen molar-refractivity contribution in [3.8, 4) is 83.6 Å². The first-order valence-corrected chi connectivity index (χ1v) is 44.3. The molecule has 600 valence electrons. The summed E-state index contributed by atoms with van der Waals surface area (Å²) in [6.45, 7) is 0. The topological polar surface area (TPSA) is 37.7 Å². The quantitative estimate of drug-likeness (QED) is 0.102. The zero-order valence-corrected chi connectivity index (χ0v) is 70.1. The maximum Gasteiger partial charge on any atom is 0.143 e. The van der Waals surface area contributed by atoms with E-state index in [-0.39, 0.29) is 0 Å². The fraction of sp³-hybridized carbons (Fsp3) is 0. The number of aromatic nitrogens is 1. The van der Waals surface area contributed by atoms with Crippen LogP contribution in [-0.2, 0) is 0 Å². The van der Waals surface area contributed by atoms with E-state index in [0.29, 0.717) is 0 Å². The summed E-state index contributed by atoms with van der Waals surface area (Å²) in [5.74, 6) is 0. The standard InChI is InChI=1S/C124H77N3O2/c1-4-23-101-81(17-1)38-40-93-74-88(55-68-103(93)101)79-45-60-97(61-46-79)125(98-64-49-85(50-65-98)106-29-15-35-119-121(106)112-71-53-82-18-2-5-24-108(82)123(112)128-119)96-58-43-78(44-59-96)87-21-13-22-92(73-87)102-28-14-20-84-37-39-91(77-114(84)102)90-57-70-105-95(76-90)42-41-94-75-89(56-69-104(94)105)80-47-62-99(63-48-80)126(117-33-11-12-34-118(117)127-115-31-9-7-26-110(115)111-27-8-10-32-116(111)127)100-66-51-86(52-67-100)107-30-16-36-120-122(107)113-72-54-83-19-3-6-25-109(83)124(113)129-120/h1-77H. The third-order valence-electron chi connectivity index (χ3n) is 26.9. The molecular weight excluding hydrogens is 1560 g/mol. The Labute approximate surface area is 744 Å². The van der Waals surface area contributed by atoms with Crippen LogP contribution in [-0.4, -0.2) is 4.57 Å². The van der Waals surface area contributed by atoms with Gasteiger partial charge in [-0.2, -0.15) is 0 Å². The summed E-state index contributed by atoms with van der Waals surface area (Å²) in [5.41, 5.74) is 29.5. The number of para-hydroxylation sites is 4. The van der Waals surface area contributed by atoms with Gasteiger partial charge in [-0.3, -0.25) is 0 Å². The van der Waals surface area contributed by atoms with Crippen LogP contribution >= 0.6 is 0 Å². The zero-order valence-electron chi connectivity index (χ0n) is 70.1. The number of nitrogens with zero attached hydrogens (tertiary/aromatic N) is 3. The number of hydrogen-bond acceptors (Lipinski definition) is 4. The van der Waals surface area contributed by atoms with Crippen molar-refractivity contribution in [1.29, 1.82) is 0 Å². The molecule has 0 bridgehead atoms. The fourth-order valence-corrected chi connectivity index (χ4v) is 20.7. The molecule has 0 aliphatic carbocycles. The van der Waals surface area contributed by atoms with Crippen LogP contribution in [0.5, 0.6) is 0 Å². The minimum Gasteiger partial charge on any atom is -0.455 e. The van der Waals surface area contributed by atoms with E-state index in [0.717, 1.165) is 161 Å². The molecule has 0 aliphatic rings. The molecule has 0 fully saturated rings. The van der Waals surface area contributed by atoms with Gasteiger partial charge in [-0.15, -0.1) is 0 Å². The van der Waals surface area contributed by atoms with Gasteiger partial charge in [0.2, 0.25) is 0 Å². The lowest BCUT2D eigenvalue weighted by molar-refractivity contribution is 0.672. The molecule has 0 saturated heterocycles. The highest BCUT2D eigenvalue weighted by molar-refractivity contribution is 6.22. The van der Waals surface area contributed by atoms with Crippen molar-refractivity contribution < 1.29 is 8.83 Å². The van der Waals surface area contributed by atoms with E-state index in [4.69, 9.17) is 8.83 Å². The first-order chi connectivity index (χ1) is 63.9. The Hall–Kier alpha value is -17.1. The Morgan fingerprint density at radius 2 is 0.488 bits per heavy atom. The van der Waals surface area contributed by atoms with E-state index >= 15 is 0 Å². The molecule has 5 heteroatoms. The summed E-state index contributed by atoms with van der Waals surface area (Å²) in [6.07, 6.45) is 0. The predicted molar refractivity (Wildman–Crippen MR) is 545 cm³/mol. The van der Waals surface area contributed by atoms with E-state index < -0.39 is 0 Å². The molecule has 26 aromatic rings. The summed E-state index contributed by atoms with van der Waals surface area (Å²) in [5, 5.41) is 23.8. The minimum absolute atomic E-state index is 0.880. The second kappa shape index (κ2) is 29.8. The van der Waals surface area contributed by atoms with Gasteiger partial charge in [-0.25, -0.2) is 0 Å². The Kier molecular flexibility index (Phi) is 17.0. The van der Waals surface area contributed by atoms with Gasteiger partial charge in [0.25, 0.3) is 0 Å². The summed E-state index contributed by atoms with van der Waals surface area (Å²) >= 11 is 0. The van der Waals surface area contributed by atoms with Crippen LogP contribution < -0.4 is 9.80 Å². The van der Waals surface area contributed by atoms with Crippen molar-refractivity contribution in [3.63, 3.8) is 0 Å². The molecule has 129 heavy (non-hydrogen) atoms. The second-order valence-corrected chi connectivity index (χ2v) is 34.1. The van der Waals surface area contributed by atoms with E-state index in [2.05, 4.69) is 481 Å². The smallest absolute Gasteiger partial charge is 0.143 e. The molecule has 3 aromatic heterocycles. The number of anilines is 6. The van der Waals surface area contributed by atoms with Crippen molar-refractivity contribution in [2.75, 3.05) is 9.80 Å². The molecular formula is C124H77N3O2. The normalized spacial score (nSPS) is 11.9. The average molecular weight is 1640 g/mol. The van der Waals surface area contributed by atoms with Crippen LogP contribution in [0.4, 0.5) is 34.1 Å². The van der Waals surface area contributed by atoms with Crippen molar-refractivity contribution in [2.24, 2.45) is 0 Å². The van der Waals surface area contributed by atoms with Gasteiger partial charge in [0.1, 0.15) is 22.3 Å². The fourth-order valence-electron chi connectivity index (χ4n) is 20.7. The zero-order chi connectivity index (χ0) is 84.7. The maximum atomic E-state index is 6.68. The van der Waals surface area contributed by atoms with Gasteiger partial charge < -0.3 is 23.2 Å². The second-order valence-electron chi connectivity index (χ2n) is 34.1. The number of furan rings is 2. The van der Waals surface area contributed by atoms with Gasteiger partial charge in [0, 0.05) is 71.5 Å². The third-order valence-corrected chi connectivity index (χ3v) is 26.9. The van der Waals surface area contributed by atoms with Crippen LogP contribution in [0, 0.1) is 0 Å². The van der Waals surface area contributed by atoms with Gasteiger partial charge in [0.15, 0.2) is 0 Å². The Bertz CT molecular complexity index is 9000. The van der Waals surface area contributed by atoms with Gasteiger partial charge >= 0.3 is 0 Å². The third kappa shape index (κ3) is 12.3. The number of rotatable bonds is 14. The average Bonchev–Trinajstić information content (AvgIpc) is 1.61. The molecule has 23 aromatic carbocycles. The molecule has 0 unspecified atom stereocenters. The molecule has 0 radical (unpaired) electrons. The largest absolute Gasteiger partial charge is 0.455 e. The van der Waals surface area contributed by atoms with E-state index in [1.165, 1.54) is 97.8 Å². The van der Waals surface area contributed by atoms with Crippen LogP contribution in [0.3, 0.4) is 0 Å². The van der Waals surface area contributed by atoms with Crippen LogP contribution in [0.15, 0.2) is 476 Å². The summed E-state index contributed by atoms with van der Waals surface area (Å²) in [6, 6.07) is 172. The lowest BCUT2D eigenvalue weighted by atomic mass is 9.92. The summed E-state index contributed by atoms with van der Waals surface area (Å²) in [7, 11) is 0. The Morgan fingerprint density at radius 1 is 0.171 bits per heavy atom. The summed E-state index contributed by atoms with van der Waals surface area (Å²) < 4.78 is 15.8. The Morgan fingerprint density at radius 3 is 1.00 bits per heavy atom. The van der Waals surface area contributed by atoms with Crippen molar-refractivity contribution in [2.45, 2.75) is 0 Å². The molecule has 0 aliphatic heterocycles. The minimum atomic E-state index is 0.880. The van der Waals surface area contributed by atoms with Gasteiger partial charge in [-0.1, -0.05) is 328 Å². The van der Waals surface area contributed by atoms with Crippen LogP contribution in [0.2, 0.25) is 0 Å². The molecule has 0 atom stereocenters. The maximum absolute atomic E-state index is 6.68. The van der Waals surface area contributed by atoms with Crippen molar-refractivity contribution >= 4 is 175 Å². The lowest BCUT2D eigenvalue weighted by Crippen LogP contribution is -2.13. The predicted octanol–water partition coefficient (Wildman–Crippen LogP) is 35.3. The summed E-state index contributed by atoms with van der Waals surface area (Å²) in [4.78, 5) is 4.79. The van der Waals surface area contributed by atoms with Crippen molar-refractivity contribution in [1.82, 2.24) is 4.57 Å². The lowest BCUT2D eigenvalue weighted by Gasteiger charge is -2.28. The van der Waals surface area contributed by atoms with Gasteiger partial charge in [-0.05, 0) is 282 Å². The van der Waals surface area contributed by atoms with Crippen LogP contribution in [0.25, 0.3) is 225 Å². The SMILES string of the molecule is c1cc(-c2ccc(N(c3ccc(-c4ccc5c(ccc6ccccc65)c4)cc3)c3ccc(-c4cccc5oc6c7ccccc7ccc6c45)cc3)cc2)cc(-c2cccc3ccc(-c4ccc5c(ccc6cc(-c7ccc(N(c8ccc(-c9cccc%10oc%11c%12ccccc%12ccc%11c9%10)cc8)c8ccccc8-n8c9ccccc9c9ccccc98)cc7)ccc65)c4)cc23)c1. The van der Waals surface area contributed by atoms with E-state index in [1.807, 2.05) is 0 Å². The van der Waals surface area contributed by atoms with Crippen molar-refractivity contribution in [3.05, 3.63) is 467 Å². The monoisotopic (exact) mass is 1640 g/mol. The van der Waals surface area contributed by atoms with Crippen LogP contribution in [0.1, 0.15) is 0 Å². The van der Waals surface area contributed by atoms with Gasteiger partial charge in [0.05, 0.1) is 22.4 Å². The molecule has 5 nitrogen and oxygen atoms in total.